The molecule has 0 aliphatic heterocycles. The lowest BCUT2D eigenvalue weighted by Crippen LogP contribution is -2.20. The van der Waals surface area contributed by atoms with Crippen molar-refractivity contribution in [2.45, 2.75) is 0 Å². The van der Waals surface area contributed by atoms with E-state index in [0.29, 0.717) is 32.8 Å². The predicted molar refractivity (Wildman–Crippen MR) is 106 cm³/mol. The molecule has 0 atom stereocenters. The van der Waals surface area contributed by atoms with Gasteiger partial charge in [0.2, 0.25) is 5.75 Å². The van der Waals surface area contributed by atoms with E-state index < -0.39 is 0 Å². The maximum atomic E-state index is 10.5. The Kier molecular flexibility index (Phi) is 4.08. The molecule has 5 N–H and O–H groups in total. The van der Waals surface area contributed by atoms with Crippen LogP contribution in [0.4, 0.5) is 0 Å². The molecule has 0 radical (unpaired) electrons. The van der Waals surface area contributed by atoms with Crippen LogP contribution in [0, 0.1) is 0 Å². The van der Waals surface area contributed by atoms with Gasteiger partial charge in [0.15, 0.2) is 23.0 Å². The number of para-hydroxylation sites is 1. The van der Waals surface area contributed by atoms with Crippen LogP contribution in [0.1, 0.15) is 5.56 Å². The predicted octanol–water partition coefficient (Wildman–Crippen LogP) is 3.02. The highest BCUT2D eigenvalue weighted by Crippen LogP contribution is 2.41. The van der Waals surface area contributed by atoms with Gasteiger partial charge in [-0.05, 0) is 35.9 Å². The first kappa shape index (κ1) is 17.4. The van der Waals surface area contributed by atoms with Crippen molar-refractivity contribution in [3.8, 4) is 34.5 Å². The Bertz CT molecular complexity index is 1290. The minimum atomic E-state index is -0.380. The lowest BCUT2D eigenvalue weighted by atomic mass is 10.1. The SMILES string of the molecule is C=c1/c(=C/c2ccc(O)c(O)c2)[nH]c2cc(Oc3ccccc3)c(O)c(O)c12. The van der Waals surface area contributed by atoms with Crippen molar-refractivity contribution in [1.29, 1.82) is 0 Å². The van der Waals surface area contributed by atoms with Gasteiger partial charge in [-0.2, -0.15) is 0 Å². The van der Waals surface area contributed by atoms with E-state index in [1.165, 1.54) is 12.1 Å². The molecule has 0 spiro atoms. The molecule has 1 heterocycles. The average molecular weight is 375 g/mol. The van der Waals surface area contributed by atoms with E-state index in [4.69, 9.17) is 4.74 Å². The third-order valence-electron chi connectivity index (χ3n) is 4.42. The minimum Gasteiger partial charge on any atom is -0.504 e. The van der Waals surface area contributed by atoms with E-state index in [9.17, 15) is 20.4 Å². The Morgan fingerprint density at radius 2 is 1.61 bits per heavy atom. The molecular weight excluding hydrogens is 358 g/mol. The summed E-state index contributed by atoms with van der Waals surface area (Å²) in [5.41, 5.74) is 1.15. The molecule has 0 bridgehead atoms. The van der Waals surface area contributed by atoms with Gasteiger partial charge in [0, 0.05) is 16.6 Å². The molecule has 1 aromatic heterocycles. The van der Waals surface area contributed by atoms with Crippen LogP contribution in [-0.4, -0.2) is 25.4 Å². The van der Waals surface area contributed by atoms with Crippen LogP contribution in [0.3, 0.4) is 0 Å². The first-order chi connectivity index (χ1) is 13.4. The highest BCUT2D eigenvalue weighted by Gasteiger charge is 2.16. The molecule has 0 aliphatic rings. The Morgan fingerprint density at radius 1 is 0.857 bits per heavy atom. The lowest BCUT2D eigenvalue weighted by molar-refractivity contribution is 0.376. The third kappa shape index (κ3) is 2.97. The number of phenolic OH excluding ortho intramolecular Hbond substituents is 4. The molecule has 6 nitrogen and oxygen atoms in total. The fraction of sp³-hybridized carbons (Fsp3) is 0. The monoisotopic (exact) mass is 375 g/mol. The first-order valence-corrected chi connectivity index (χ1v) is 8.46. The van der Waals surface area contributed by atoms with Crippen molar-refractivity contribution in [3.63, 3.8) is 0 Å². The number of phenols is 4. The van der Waals surface area contributed by atoms with Crippen molar-refractivity contribution in [1.82, 2.24) is 4.98 Å². The van der Waals surface area contributed by atoms with Crippen molar-refractivity contribution >= 4 is 23.6 Å². The highest BCUT2D eigenvalue weighted by molar-refractivity contribution is 5.91. The average Bonchev–Trinajstić information content (AvgIpc) is 2.99. The molecule has 0 amide bonds. The Balaban J connectivity index is 1.86. The molecule has 140 valence electrons. The minimum absolute atomic E-state index is 0.103. The number of ether oxygens (including phenoxy) is 1. The third-order valence-corrected chi connectivity index (χ3v) is 4.42. The number of hydrogen-bond donors (Lipinski definition) is 5. The zero-order valence-corrected chi connectivity index (χ0v) is 14.7. The fourth-order valence-corrected chi connectivity index (χ4v) is 3.01. The van der Waals surface area contributed by atoms with Crippen LogP contribution in [0.5, 0.6) is 34.5 Å². The van der Waals surface area contributed by atoms with E-state index in [1.54, 1.807) is 42.5 Å². The van der Waals surface area contributed by atoms with Crippen LogP contribution < -0.4 is 15.3 Å². The number of fused-ring (bicyclic) bond motifs is 1. The van der Waals surface area contributed by atoms with Crippen molar-refractivity contribution in [2.24, 2.45) is 0 Å². The number of aromatic nitrogens is 1. The fourth-order valence-electron chi connectivity index (χ4n) is 3.01. The second kappa shape index (κ2) is 6.59. The molecule has 0 saturated heterocycles. The van der Waals surface area contributed by atoms with Gasteiger partial charge >= 0.3 is 0 Å². The molecule has 0 unspecified atom stereocenters. The summed E-state index contributed by atoms with van der Waals surface area (Å²) < 4.78 is 5.67. The number of rotatable bonds is 3. The summed E-state index contributed by atoms with van der Waals surface area (Å²) in [7, 11) is 0. The van der Waals surface area contributed by atoms with Crippen LogP contribution in [0.25, 0.3) is 23.6 Å². The largest absolute Gasteiger partial charge is 0.504 e. The van der Waals surface area contributed by atoms with Gasteiger partial charge in [-0.25, -0.2) is 0 Å². The number of aromatic amines is 1. The molecule has 6 heteroatoms. The van der Waals surface area contributed by atoms with E-state index in [-0.39, 0.29) is 28.7 Å². The Labute approximate surface area is 159 Å². The molecule has 3 aromatic carbocycles. The molecule has 4 rings (SSSR count). The number of aromatic hydroxyl groups is 4. The highest BCUT2D eigenvalue weighted by atomic mass is 16.5. The number of benzene rings is 3. The number of hydrogen-bond acceptors (Lipinski definition) is 5. The zero-order chi connectivity index (χ0) is 19.8. The quantitative estimate of drug-likeness (QED) is 0.354. The van der Waals surface area contributed by atoms with E-state index in [0.717, 1.165) is 0 Å². The van der Waals surface area contributed by atoms with Crippen LogP contribution in [0.15, 0.2) is 54.6 Å². The van der Waals surface area contributed by atoms with Gasteiger partial charge in [-0.15, -0.1) is 0 Å². The maximum absolute atomic E-state index is 10.5. The number of H-pyrrole nitrogens is 1. The summed E-state index contributed by atoms with van der Waals surface area (Å²) in [6, 6.07) is 14.9. The topological polar surface area (TPSA) is 106 Å². The van der Waals surface area contributed by atoms with Crippen molar-refractivity contribution in [2.75, 3.05) is 0 Å². The maximum Gasteiger partial charge on any atom is 0.202 e. The Morgan fingerprint density at radius 3 is 2.32 bits per heavy atom. The number of nitrogens with one attached hydrogen (secondary N) is 1. The smallest absolute Gasteiger partial charge is 0.202 e. The second-order valence-electron chi connectivity index (χ2n) is 6.32. The van der Waals surface area contributed by atoms with Gasteiger partial charge in [0.1, 0.15) is 5.75 Å². The van der Waals surface area contributed by atoms with Gasteiger partial charge in [-0.1, -0.05) is 30.8 Å². The standard InChI is InChI=1S/C22H17NO5/c1-12-15(9-13-7-8-17(24)18(25)10-13)23-16-11-19(21(26)22(27)20(12)16)28-14-5-3-2-4-6-14/h2-11,23-27H,1H2/b15-9-. The molecule has 28 heavy (non-hydrogen) atoms. The summed E-state index contributed by atoms with van der Waals surface area (Å²) in [6.07, 6.45) is 1.70. The second-order valence-corrected chi connectivity index (χ2v) is 6.32. The van der Waals surface area contributed by atoms with E-state index in [2.05, 4.69) is 11.6 Å². The molecular formula is C22H17NO5. The van der Waals surface area contributed by atoms with Crippen LogP contribution in [-0.2, 0) is 0 Å². The van der Waals surface area contributed by atoms with Crippen molar-refractivity contribution < 1.29 is 25.2 Å². The van der Waals surface area contributed by atoms with E-state index in [1.807, 2.05) is 6.07 Å². The molecule has 0 fully saturated rings. The molecule has 4 aromatic rings. The zero-order valence-electron chi connectivity index (χ0n) is 14.7. The summed E-state index contributed by atoms with van der Waals surface area (Å²) in [6.45, 7) is 3.97. The summed E-state index contributed by atoms with van der Waals surface area (Å²) in [5, 5.41) is 41.4. The normalized spacial score (nSPS) is 11.8. The van der Waals surface area contributed by atoms with Gasteiger partial charge in [-0.3, -0.25) is 0 Å². The molecule has 0 saturated carbocycles. The summed E-state index contributed by atoms with van der Waals surface area (Å²) in [4.78, 5) is 3.13. The summed E-state index contributed by atoms with van der Waals surface area (Å²) >= 11 is 0. The van der Waals surface area contributed by atoms with Gasteiger partial charge in [0.05, 0.1) is 10.9 Å². The molecule has 0 aliphatic carbocycles. The van der Waals surface area contributed by atoms with Crippen LogP contribution in [0.2, 0.25) is 0 Å². The summed E-state index contributed by atoms with van der Waals surface area (Å²) in [5.74, 6) is -0.550. The van der Waals surface area contributed by atoms with Gasteiger partial charge in [0.25, 0.3) is 0 Å². The first-order valence-electron chi connectivity index (χ1n) is 8.46. The van der Waals surface area contributed by atoms with Crippen LogP contribution >= 0.6 is 0 Å². The Hall–Kier alpha value is -4.06. The van der Waals surface area contributed by atoms with Crippen molar-refractivity contribution in [3.05, 3.63) is 70.7 Å². The van der Waals surface area contributed by atoms with Gasteiger partial charge < -0.3 is 30.1 Å². The van der Waals surface area contributed by atoms with E-state index >= 15 is 0 Å². The lowest BCUT2D eigenvalue weighted by Gasteiger charge is -2.09.